The van der Waals surface area contributed by atoms with E-state index in [9.17, 15) is 0 Å². The Morgan fingerprint density at radius 3 is 3.13 bits per heavy atom. The van der Waals surface area contributed by atoms with Gasteiger partial charge in [-0.05, 0) is 13.2 Å². The second-order valence-electron chi connectivity index (χ2n) is 3.40. The zero-order chi connectivity index (χ0) is 11.1. The van der Waals surface area contributed by atoms with Crippen LogP contribution in [0.2, 0.25) is 0 Å². The first-order valence-electron chi connectivity index (χ1n) is 4.90. The van der Waals surface area contributed by atoms with Crippen molar-refractivity contribution < 1.29 is 4.74 Å². The molecule has 1 rings (SSSR count). The number of ether oxygens (including phenoxy) is 1. The van der Waals surface area contributed by atoms with Crippen molar-refractivity contribution in [2.75, 3.05) is 19.1 Å². The smallest absolute Gasteiger partial charge is 0.119 e. The number of methoxy groups -OCH3 is 1. The molecule has 1 N–H and O–H groups in total. The van der Waals surface area contributed by atoms with E-state index in [4.69, 9.17) is 4.74 Å². The average molecular weight is 246 g/mol. The number of thiazole rings is 1. The van der Waals surface area contributed by atoms with E-state index in [1.165, 1.54) is 0 Å². The number of hydrogen-bond donors (Lipinski definition) is 1. The van der Waals surface area contributed by atoms with E-state index >= 15 is 0 Å². The Morgan fingerprint density at radius 1 is 1.67 bits per heavy atom. The van der Waals surface area contributed by atoms with Crippen molar-refractivity contribution in [2.45, 2.75) is 26.1 Å². The van der Waals surface area contributed by atoms with Crippen LogP contribution in [0.5, 0.6) is 0 Å². The summed E-state index contributed by atoms with van der Waals surface area (Å²) in [6.45, 7) is 3.66. The molecule has 1 aromatic heterocycles. The number of hydrogen-bond acceptors (Lipinski definition) is 5. The van der Waals surface area contributed by atoms with Crippen molar-refractivity contribution in [3.8, 4) is 0 Å². The molecule has 0 aliphatic heterocycles. The van der Waals surface area contributed by atoms with Crippen LogP contribution in [0.25, 0.3) is 0 Å². The highest BCUT2D eigenvalue weighted by molar-refractivity contribution is 7.98. The maximum absolute atomic E-state index is 5.03. The fraction of sp³-hybridized carbons (Fsp3) is 0.700. The van der Waals surface area contributed by atoms with Crippen molar-refractivity contribution in [1.82, 2.24) is 10.3 Å². The quantitative estimate of drug-likeness (QED) is 0.799. The van der Waals surface area contributed by atoms with E-state index in [1.807, 2.05) is 11.8 Å². The minimum absolute atomic E-state index is 0.535. The van der Waals surface area contributed by atoms with Crippen LogP contribution in [-0.4, -0.2) is 30.1 Å². The summed E-state index contributed by atoms with van der Waals surface area (Å²) < 4.78 is 5.03. The van der Waals surface area contributed by atoms with Crippen molar-refractivity contribution in [3.63, 3.8) is 0 Å². The predicted octanol–water partition coefficient (Wildman–Crippen LogP) is 2.13. The lowest BCUT2D eigenvalue weighted by molar-refractivity contribution is 0.184. The molecule has 0 saturated heterocycles. The molecule has 86 valence electrons. The molecule has 5 heteroatoms. The normalized spacial score (nSPS) is 13.0. The highest BCUT2D eigenvalue weighted by atomic mass is 32.2. The molecule has 0 spiro atoms. The summed E-state index contributed by atoms with van der Waals surface area (Å²) in [7, 11) is 1.69. The van der Waals surface area contributed by atoms with Gasteiger partial charge in [0.2, 0.25) is 0 Å². The van der Waals surface area contributed by atoms with Crippen molar-refractivity contribution in [1.29, 1.82) is 0 Å². The summed E-state index contributed by atoms with van der Waals surface area (Å²) in [6.07, 6.45) is 2.12. The third-order valence-electron chi connectivity index (χ3n) is 1.92. The molecule has 0 bridgehead atoms. The maximum atomic E-state index is 5.03. The molecule has 1 unspecified atom stereocenters. The molecule has 0 aliphatic rings. The van der Waals surface area contributed by atoms with E-state index in [1.54, 1.807) is 18.4 Å². The third kappa shape index (κ3) is 4.97. The molecule has 0 radical (unpaired) electrons. The number of nitrogens with one attached hydrogen (secondary N) is 1. The second kappa shape index (κ2) is 7.22. The van der Waals surface area contributed by atoms with E-state index in [2.05, 4.69) is 28.9 Å². The van der Waals surface area contributed by atoms with Gasteiger partial charge in [0.25, 0.3) is 0 Å². The first kappa shape index (κ1) is 13.0. The minimum atomic E-state index is 0.535. The number of aromatic nitrogens is 1. The van der Waals surface area contributed by atoms with Crippen LogP contribution in [0.15, 0.2) is 5.38 Å². The monoisotopic (exact) mass is 246 g/mol. The van der Waals surface area contributed by atoms with Gasteiger partial charge in [-0.2, -0.15) is 11.8 Å². The summed E-state index contributed by atoms with van der Waals surface area (Å²) in [4.78, 5) is 4.46. The van der Waals surface area contributed by atoms with Crippen LogP contribution in [0, 0.1) is 0 Å². The van der Waals surface area contributed by atoms with Gasteiger partial charge in [0.05, 0.1) is 12.3 Å². The van der Waals surface area contributed by atoms with Gasteiger partial charge >= 0.3 is 0 Å². The van der Waals surface area contributed by atoms with Gasteiger partial charge in [-0.25, -0.2) is 4.98 Å². The largest absolute Gasteiger partial charge is 0.378 e. The van der Waals surface area contributed by atoms with Crippen LogP contribution in [0.1, 0.15) is 17.6 Å². The molecule has 0 aromatic carbocycles. The Hall–Kier alpha value is -0.100. The van der Waals surface area contributed by atoms with Gasteiger partial charge in [0, 0.05) is 30.8 Å². The van der Waals surface area contributed by atoms with E-state index in [-0.39, 0.29) is 0 Å². The number of nitrogens with zero attached hydrogens (tertiary/aromatic N) is 1. The maximum Gasteiger partial charge on any atom is 0.119 e. The molecule has 0 amide bonds. The van der Waals surface area contributed by atoms with Gasteiger partial charge in [-0.1, -0.05) is 0 Å². The lowest BCUT2D eigenvalue weighted by atomic mass is 10.3. The molecule has 1 aromatic rings. The first-order valence-corrected chi connectivity index (χ1v) is 7.18. The Balaban J connectivity index is 2.30. The Bertz CT molecular complexity index is 278. The highest BCUT2D eigenvalue weighted by Gasteiger charge is 2.04. The molecule has 15 heavy (non-hydrogen) atoms. The SMILES string of the molecule is COCc1nc(CNC(C)CSC)cs1. The summed E-state index contributed by atoms with van der Waals surface area (Å²) in [6, 6.07) is 0.535. The topological polar surface area (TPSA) is 34.1 Å². The molecule has 0 fully saturated rings. The highest BCUT2D eigenvalue weighted by Crippen LogP contribution is 2.10. The van der Waals surface area contributed by atoms with E-state index < -0.39 is 0 Å². The van der Waals surface area contributed by atoms with Crippen molar-refractivity contribution in [2.24, 2.45) is 0 Å². The van der Waals surface area contributed by atoms with Crippen molar-refractivity contribution >= 4 is 23.1 Å². The summed E-state index contributed by atoms with van der Waals surface area (Å²) in [5.41, 5.74) is 1.11. The van der Waals surface area contributed by atoms with Gasteiger partial charge in [0.1, 0.15) is 5.01 Å². The fourth-order valence-electron chi connectivity index (χ4n) is 1.21. The van der Waals surface area contributed by atoms with Crippen LogP contribution in [-0.2, 0) is 17.9 Å². The summed E-state index contributed by atoms with van der Waals surface area (Å²) >= 11 is 3.52. The predicted molar refractivity (Wildman–Crippen MR) is 67.5 cm³/mol. The Kier molecular flexibility index (Phi) is 6.24. The summed E-state index contributed by atoms with van der Waals surface area (Å²) in [5.74, 6) is 1.13. The average Bonchev–Trinajstić information content (AvgIpc) is 2.64. The van der Waals surface area contributed by atoms with Crippen LogP contribution < -0.4 is 5.32 Å². The second-order valence-corrected chi connectivity index (χ2v) is 5.26. The molecule has 1 heterocycles. The zero-order valence-electron chi connectivity index (χ0n) is 9.45. The molecular formula is C10H18N2OS2. The number of thioether (sulfide) groups is 1. The molecule has 0 aliphatic carbocycles. The van der Waals surface area contributed by atoms with E-state index in [0.29, 0.717) is 12.6 Å². The fourth-order valence-corrected chi connectivity index (χ4v) is 2.59. The summed E-state index contributed by atoms with van der Waals surface area (Å²) in [5, 5.41) is 6.58. The lowest BCUT2D eigenvalue weighted by Crippen LogP contribution is -2.27. The molecular weight excluding hydrogens is 228 g/mol. The third-order valence-corrected chi connectivity index (χ3v) is 3.62. The lowest BCUT2D eigenvalue weighted by Gasteiger charge is -2.10. The Labute approximate surface area is 99.6 Å². The van der Waals surface area contributed by atoms with E-state index in [0.717, 1.165) is 23.0 Å². The molecule has 3 nitrogen and oxygen atoms in total. The first-order chi connectivity index (χ1) is 7.26. The van der Waals surface area contributed by atoms with Crippen LogP contribution in [0.4, 0.5) is 0 Å². The molecule has 0 saturated carbocycles. The van der Waals surface area contributed by atoms with Gasteiger partial charge < -0.3 is 10.1 Å². The van der Waals surface area contributed by atoms with Gasteiger partial charge in [-0.15, -0.1) is 11.3 Å². The van der Waals surface area contributed by atoms with Gasteiger partial charge in [-0.3, -0.25) is 0 Å². The van der Waals surface area contributed by atoms with Crippen LogP contribution in [0.3, 0.4) is 0 Å². The zero-order valence-corrected chi connectivity index (χ0v) is 11.1. The standard InChI is InChI=1S/C10H18N2OS2/c1-8(6-14-3)11-4-9-7-15-10(12-9)5-13-2/h7-8,11H,4-6H2,1-3H3. The minimum Gasteiger partial charge on any atom is -0.378 e. The molecule has 1 atom stereocenters. The number of rotatable bonds is 7. The van der Waals surface area contributed by atoms with Gasteiger partial charge in [0.15, 0.2) is 0 Å². The van der Waals surface area contributed by atoms with Crippen LogP contribution >= 0.6 is 23.1 Å². The Morgan fingerprint density at radius 2 is 2.47 bits per heavy atom. The van der Waals surface area contributed by atoms with Crippen molar-refractivity contribution in [3.05, 3.63) is 16.1 Å².